The van der Waals surface area contributed by atoms with Crippen LogP contribution in [0, 0.1) is 21.4 Å². The Morgan fingerprint density at radius 2 is 2.03 bits per heavy atom. The first-order valence-electron chi connectivity index (χ1n) is 9.42. The summed E-state index contributed by atoms with van der Waals surface area (Å²) < 4.78 is 7.18. The number of benzene rings is 1. The van der Waals surface area contributed by atoms with Crippen LogP contribution in [0.25, 0.3) is 0 Å². The maximum atomic E-state index is 13.0. The Hall–Kier alpha value is -3.99. The normalized spacial score (nSPS) is 16.0. The molecule has 0 spiro atoms. The van der Waals surface area contributed by atoms with E-state index in [-0.39, 0.29) is 17.9 Å². The molecule has 1 aliphatic rings. The van der Waals surface area contributed by atoms with Crippen LogP contribution >= 0.6 is 0 Å². The van der Waals surface area contributed by atoms with Gasteiger partial charge in [0.2, 0.25) is 0 Å². The molecule has 0 bridgehead atoms. The van der Waals surface area contributed by atoms with E-state index < -0.39 is 16.8 Å². The van der Waals surface area contributed by atoms with Crippen molar-refractivity contribution in [3.8, 4) is 6.07 Å². The summed E-state index contributed by atoms with van der Waals surface area (Å²) in [4.78, 5) is 23.8. The topological polar surface area (TPSA) is 109 Å². The van der Waals surface area contributed by atoms with Crippen molar-refractivity contribution >= 4 is 11.7 Å². The first-order chi connectivity index (χ1) is 14.5. The van der Waals surface area contributed by atoms with Gasteiger partial charge in [-0.15, -0.1) is 0 Å². The second-order valence-electron chi connectivity index (χ2n) is 6.72. The van der Waals surface area contributed by atoms with Gasteiger partial charge in [-0.3, -0.25) is 10.1 Å². The number of hydrogen-bond acceptors (Lipinski definition) is 6. The zero-order valence-electron chi connectivity index (χ0n) is 16.7. The van der Waals surface area contributed by atoms with Crippen LogP contribution in [-0.2, 0) is 16.1 Å². The molecule has 0 radical (unpaired) electrons. The molecule has 30 heavy (non-hydrogen) atoms. The van der Waals surface area contributed by atoms with Gasteiger partial charge < -0.3 is 10.1 Å². The summed E-state index contributed by atoms with van der Waals surface area (Å²) in [6.07, 6.45) is 3.72. The third-order valence-corrected chi connectivity index (χ3v) is 4.79. The van der Waals surface area contributed by atoms with Gasteiger partial charge in [0.25, 0.3) is 5.69 Å². The number of hydrogen-bond donors (Lipinski definition) is 1. The predicted molar refractivity (Wildman–Crippen MR) is 108 cm³/mol. The third-order valence-electron chi connectivity index (χ3n) is 4.79. The van der Waals surface area contributed by atoms with Gasteiger partial charge in [0.1, 0.15) is 0 Å². The molecule has 152 valence electrons. The Morgan fingerprint density at radius 3 is 2.67 bits per heavy atom. The summed E-state index contributed by atoms with van der Waals surface area (Å²) in [6, 6.07) is 13.8. The Balaban J connectivity index is 2.20. The molecular weight excluding hydrogens is 384 g/mol. The maximum Gasteiger partial charge on any atom is 0.337 e. The molecule has 8 heteroatoms. The first kappa shape index (κ1) is 20.7. The van der Waals surface area contributed by atoms with E-state index in [4.69, 9.17) is 4.74 Å². The summed E-state index contributed by atoms with van der Waals surface area (Å²) in [5.74, 6) is -1.33. The largest absolute Gasteiger partial charge is 0.463 e. The average molecular weight is 405 g/mol. The highest BCUT2D eigenvalue weighted by atomic mass is 16.6. The first-order valence-corrected chi connectivity index (χ1v) is 9.42. The molecule has 1 aromatic carbocycles. The number of pyridine rings is 1. The van der Waals surface area contributed by atoms with Crippen molar-refractivity contribution in [2.75, 3.05) is 6.61 Å². The van der Waals surface area contributed by atoms with E-state index in [1.807, 2.05) is 35.2 Å². The average Bonchev–Trinajstić information content (AvgIpc) is 2.74. The van der Waals surface area contributed by atoms with Crippen LogP contribution in [0.1, 0.15) is 25.3 Å². The zero-order valence-corrected chi connectivity index (χ0v) is 16.7. The van der Waals surface area contributed by atoms with Gasteiger partial charge in [0.15, 0.2) is 18.9 Å². The maximum absolute atomic E-state index is 13.0. The Morgan fingerprint density at radius 1 is 1.30 bits per heavy atom. The summed E-state index contributed by atoms with van der Waals surface area (Å²) in [5.41, 5.74) is 2.14. The van der Waals surface area contributed by atoms with Gasteiger partial charge >= 0.3 is 5.97 Å². The molecule has 8 nitrogen and oxygen atoms in total. The predicted octanol–water partition coefficient (Wildman–Crippen LogP) is 2.88. The van der Waals surface area contributed by atoms with E-state index in [9.17, 15) is 20.2 Å². The molecule has 0 fully saturated rings. The van der Waals surface area contributed by atoms with E-state index in [2.05, 4.69) is 11.4 Å². The van der Waals surface area contributed by atoms with Crippen LogP contribution in [0.3, 0.4) is 0 Å². The van der Waals surface area contributed by atoms with Crippen molar-refractivity contribution in [3.63, 3.8) is 0 Å². The number of carbonyl (C=O) groups is 1. The minimum Gasteiger partial charge on any atom is -0.463 e. The Bertz CT molecular complexity index is 1080. The third kappa shape index (κ3) is 4.20. The van der Waals surface area contributed by atoms with Gasteiger partial charge in [-0.2, -0.15) is 9.83 Å². The molecule has 0 aliphatic carbocycles. The molecule has 1 unspecified atom stereocenters. The SMILES string of the molecule is CCOC(=O)C1=C(C[n+]2ccccc2)NC(C)=C(C#N)C1c1cccc([N+](=O)[O-])c1. The summed E-state index contributed by atoms with van der Waals surface area (Å²) in [6.45, 7) is 3.96. The van der Waals surface area contributed by atoms with E-state index >= 15 is 0 Å². The molecule has 1 N–H and O–H groups in total. The molecule has 1 aromatic heterocycles. The highest BCUT2D eigenvalue weighted by Gasteiger charge is 2.37. The molecule has 0 amide bonds. The van der Waals surface area contributed by atoms with E-state index in [0.29, 0.717) is 29.1 Å². The van der Waals surface area contributed by atoms with Gasteiger partial charge in [0, 0.05) is 30.0 Å². The zero-order chi connectivity index (χ0) is 21.7. The quantitative estimate of drug-likeness (QED) is 0.343. The lowest BCUT2D eigenvalue weighted by Crippen LogP contribution is -2.40. The van der Waals surface area contributed by atoms with Gasteiger partial charge in [-0.1, -0.05) is 18.2 Å². The fourth-order valence-electron chi connectivity index (χ4n) is 3.49. The number of esters is 1. The molecule has 0 saturated heterocycles. The molecule has 2 heterocycles. The lowest BCUT2D eigenvalue weighted by Gasteiger charge is -2.28. The summed E-state index contributed by atoms with van der Waals surface area (Å²) >= 11 is 0. The molecule has 1 atom stereocenters. The summed E-state index contributed by atoms with van der Waals surface area (Å²) in [5, 5.41) is 24.3. The molecule has 2 aromatic rings. The van der Waals surface area contributed by atoms with Crippen molar-refractivity contribution in [3.05, 3.63) is 93.1 Å². The van der Waals surface area contributed by atoms with Crippen molar-refractivity contribution in [1.82, 2.24) is 5.32 Å². The number of allylic oxidation sites excluding steroid dienone is 3. The van der Waals surface area contributed by atoms with Gasteiger partial charge in [-0.25, -0.2) is 4.79 Å². The molecular formula is C22H21N4O4+. The fraction of sp³-hybridized carbons (Fsp3) is 0.227. The highest BCUT2D eigenvalue weighted by Crippen LogP contribution is 2.39. The highest BCUT2D eigenvalue weighted by molar-refractivity contribution is 5.93. The number of nitro groups is 1. The van der Waals surface area contributed by atoms with Crippen LogP contribution in [0.15, 0.2) is 77.4 Å². The second kappa shape index (κ2) is 9.01. The number of rotatable bonds is 6. The molecule has 0 saturated carbocycles. The lowest BCUT2D eigenvalue weighted by atomic mass is 9.80. The Kier molecular flexibility index (Phi) is 6.23. The van der Waals surface area contributed by atoms with Crippen LogP contribution < -0.4 is 9.88 Å². The van der Waals surface area contributed by atoms with E-state index in [1.54, 1.807) is 26.0 Å². The van der Waals surface area contributed by atoms with Crippen molar-refractivity contribution in [2.24, 2.45) is 0 Å². The van der Waals surface area contributed by atoms with Gasteiger partial charge in [-0.05, 0) is 19.4 Å². The van der Waals surface area contributed by atoms with Gasteiger partial charge in [0.05, 0.1) is 40.4 Å². The van der Waals surface area contributed by atoms with Crippen molar-refractivity contribution in [1.29, 1.82) is 5.26 Å². The smallest absolute Gasteiger partial charge is 0.337 e. The number of non-ortho nitro benzene ring substituents is 1. The minimum absolute atomic E-state index is 0.108. The number of carbonyl (C=O) groups excluding carboxylic acids is 1. The molecule has 3 rings (SSSR count). The lowest BCUT2D eigenvalue weighted by molar-refractivity contribution is -0.689. The number of nitrogens with zero attached hydrogens (tertiary/aromatic N) is 3. The van der Waals surface area contributed by atoms with Crippen LogP contribution in [0.2, 0.25) is 0 Å². The Labute approximate surface area is 173 Å². The van der Waals surface area contributed by atoms with Crippen molar-refractivity contribution < 1.29 is 19.0 Å². The monoisotopic (exact) mass is 405 g/mol. The second-order valence-corrected chi connectivity index (χ2v) is 6.72. The fourth-order valence-corrected chi connectivity index (χ4v) is 3.49. The van der Waals surface area contributed by atoms with E-state index in [0.717, 1.165) is 0 Å². The number of nitriles is 1. The standard InChI is InChI=1S/C22H20N4O4/c1-3-30-22(27)21-19(14-25-10-5-4-6-11-25)24-15(2)18(13-23)20(21)16-8-7-9-17(12-16)26(28)29/h4-12,20H,3,14H2,1-2H3/p+1. The minimum atomic E-state index is -0.769. The summed E-state index contributed by atoms with van der Waals surface area (Å²) in [7, 11) is 0. The van der Waals surface area contributed by atoms with Crippen LogP contribution in [0.4, 0.5) is 5.69 Å². The van der Waals surface area contributed by atoms with Crippen LogP contribution in [0.5, 0.6) is 0 Å². The molecule has 1 aliphatic heterocycles. The number of aromatic nitrogens is 1. The number of dihydropyridines is 1. The van der Waals surface area contributed by atoms with E-state index in [1.165, 1.54) is 12.1 Å². The number of ether oxygens (including phenoxy) is 1. The van der Waals surface area contributed by atoms with Crippen molar-refractivity contribution in [2.45, 2.75) is 26.3 Å². The number of nitro benzene ring substituents is 1. The number of nitrogens with one attached hydrogen (secondary N) is 1. The van der Waals surface area contributed by atoms with Crippen LogP contribution in [-0.4, -0.2) is 17.5 Å².